The molecule has 1 aliphatic heterocycles. The van der Waals surface area contributed by atoms with Crippen LogP contribution in [0.1, 0.15) is 5.56 Å². The van der Waals surface area contributed by atoms with Crippen LogP contribution >= 0.6 is 0 Å². The van der Waals surface area contributed by atoms with Crippen LogP contribution in [0.25, 0.3) is 0 Å². The van der Waals surface area contributed by atoms with Crippen LogP contribution in [-0.2, 0) is 0 Å². The molecule has 98 valence electrons. The zero-order chi connectivity index (χ0) is 13.1. The maximum Gasteiger partial charge on any atom is 0.166 e. The predicted molar refractivity (Wildman–Crippen MR) is 73.0 cm³/mol. The minimum atomic E-state index is -0.0745. The first kappa shape index (κ1) is 11.9. The summed E-state index contributed by atoms with van der Waals surface area (Å²) in [5.74, 6) is 2.45. The van der Waals surface area contributed by atoms with Crippen molar-refractivity contribution in [1.29, 1.82) is 0 Å². The van der Waals surface area contributed by atoms with Gasteiger partial charge >= 0.3 is 0 Å². The lowest BCUT2D eigenvalue weighted by Crippen LogP contribution is -2.34. The Morgan fingerprint density at radius 1 is 1.11 bits per heavy atom. The minimum Gasteiger partial charge on any atom is -0.490 e. The molecule has 2 aromatic rings. The lowest BCUT2D eigenvalue weighted by molar-refractivity contribution is 0.0535. The third kappa shape index (κ3) is 2.81. The van der Waals surface area contributed by atoms with Crippen molar-refractivity contribution in [3.05, 3.63) is 54.1 Å². The Morgan fingerprint density at radius 2 is 1.95 bits per heavy atom. The summed E-state index contributed by atoms with van der Waals surface area (Å²) in [5.41, 5.74) is 1.16. The summed E-state index contributed by atoms with van der Waals surface area (Å²) < 4.78 is 17.2. The van der Waals surface area contributed by atoms with Gasteiger partial charge in [0.2, 0.25) is 0 Å². The summed E-state index contributed by atoms with van der Waals surface area (Å²) in [6.45, 7) is 3.04. The maximum absolute atomic E-state index is 5.88. The first-order valence-electron chi connectivity index (χ1n) is 6.39. The van der Waals surface area contributed by atoms with Gasteiger partial charge in [0.1, 0.15) is 19.0 Å². The Kier molecular flexibility index (Phi) is 3.27. The first-order valence-corrected chi connectivity index (χ1v) is 6.39. The number of hydrogen-bond donors (Lipinski definition) is 0. The van der Waals surface area contributed by atoms with Crippen molar-refractivity contribution in [2.24, 2.45) is 0 Å². The van der Waals surface area contributed by atoms with E-state index in [1.807, 2.05) is 55.5 Å². The lowest BCUT2D eigenvalue weighted by Gasteiger charge is -2.26. The highest BCUT2D eigenvalue weighted by Gasteiger charge is 2.21. The van der Waals surface area contributed by atoms with Crippen molar-refractivity contribution in [3.8, 4) is 17.2 Å². The molecule has 0 bridgehead atoms. The Bertz CT molecular complexity index is 551. The van der Waals surface area contributed by atoms with Gasteiger partial charge in [-0.05, 0) is 36.8 Å². The fourth-order valence-corrected chi connectivity index (χ4v) is 2.01. The van der Waals surface area contributed by atoms with Gasteiger partial charge in [0.25, 0.3) is 0 Å². The second-order valence-electron chi connectivity index (χ2n) is 4.63. The normalized spacial score (nSPS) is 17.0. The number of benzene rings is 2. The molecular weight excluding hydrogens is 240 g/mol. The van der Waals surface area contributed by atoms with Crippen molar-refractivity contribution in [2.75, 3.05) is 13.2 Å². The maximum atomic E-state index is 5.88. The molecule has 3 nitrogen and oxygen atoms in total. The van der Waals surface area contributed by atoms with E-state index in [1.165, 1.54) is 0 Å². The molecule has 1 aliphatic rings. The molecule has 0 aliphatic carbocycles. The van der Waals surface area contributed by atoms with Crippen molar-refractivity contribution in [3.63, 3.8) is 0 Å². The second-order valence-corrected chi connectivity index (χ2v) is 4.63. The van der Waals surface area contributed by atoms with Crippen LogP contribution in [0.4, 0.5) is 0 Å². The Hall–Kier alpha value is -2.16. The Labute approximate surface area is 112 Å². The van der Waals surface area contributed by atoms with E-state index in [9.17, 15) is 0 Å². The zero-order valence-corrected chi connectivity index (χ0v) is 10.8. The molecule has 0 amide bonds. The largest absolute Gasteiger partial charge is 0.490 e. The number of aryl methyl sites for hydroxylation is 1. The van der Waals surface area contributed by atoms with E-state index in [-0.39, 0.29) is 6.10 Å². The van der Waals surface area contributed by atoms with Crippen LogP contribution in [0.3, 0.4) is 0 Å². The highest BCUT2D eigenvalue weighted by molar-refractivity contribution is 5.43. The molecule has 19 heavy (non-hydrogen) atoms. The molecule has 3 heteroatoms. The summed E-state index contributed by atoms with van der Waals surface area (Å²) in [4.78, 5) is 0. The molecule has 3 rings (SSSR count). The van der Waals surface area contributed by atoms with Gasteiger partial charge in [0.05, 0.1) is 0 Å². The third-order valence-corrected chi connectivity index (χ3v) is 3.00. The van der Waals surface area contributed by atoms with E-state index in [1.54, 1.807) is 0 Å². The van der Waals surface area contributed by atoms with E-state index in [0.717, 1.165) is 22.8 Å². The van der Waals surface area contributed by atoms with Crippen molar-refractivity contribution in [2.45, 2.75) is 13.0 Å². The number of ether oxygens (including phenoxy) is 3. The molecule has 0 saturated heterocycles. The Morgan fingerprint density at radius 3 is 2.79 bits per heavy atom. The second kappa shape index (κ2) is 5.22. The summed E-state index contributed by atoms with van der Waals surface area (Å²) in [5, 5.41) is 0. The van der Waals surface area contributed by atoms with Gasteiger partial charge in [0, 0.05) is 0 Å². The average Bonchev–Trinajstić information content (AvgIpc) is 2.46. The molecule has 0 radical (unpaired) electrons. The summed E-state index contributed by atoms with van der Waals surface area (Å²) in [6.07, 6.45) is -0.0745. The summed E-state index contributed by atoms with van der Waals surface area (Å²) in [6, 6.07) is 15.7. The first-order chi connectivity index (χ1) is 9.31. The summed E-state index contributed by atoms with van der Waals surface area (Å²) in [7, 11) is 0. The Balaban J connectivity index is 1.62. The number of rotatable bonds is 3. The number of para-hydroxylation sites is 1. The van der Waals surface area contributed by atoms with E-state index in [4.69, 9.17) is 14.2 Å². The molecule has 1 unspecified atom stereocenters. The third-order valence-electron chi connectivity index (χ3n) is 3.00. The monoisotopic (exact) mass is 256 g/mol. The van der Waals surface area contributed by atoms with Gasteiger partial charge in [-0.3, -0.25) is 0 Å². The van der Waals surface area contributed by atoms with Gasteiger partial charge < -0.3 is 14.2 Å². The highest BCUT2D eigenvalue weighted by Crippen LogP contribution is 2.32. The topological polar surface area (TPSA) is 27.7 Å². The molecule has 0 spiro atoms. The van der Waals surface area contributed by atoms with E-state index >= 15 is 0 Å². The molecule has 1 heterocycles. The van der Waals surface area contributed by atoms with Crippen LogP contribution in [0, 0.1) is 6.92 Å². The molecule has 2 aromatic carbocycles. The fraction of sp³-hybridized carbons (Fsp3) is 0.250. The average molecular weight is 256 g/mol. The van der Waals surface area contributed by atoms with Gasteiger partial charge in [-0.25, -0.2) is 0 Å². The van der Waals surface area contributed by atoms with E-state index in [0.29, 0.717) is 13.2 Å². The van der Waals surface area contributed by atoms with Crippen LogP contribution in [0.2, 0.25) is 0 Å². The van der Waals surface area contributed by atoms with Gasteiger partial charge in [-0.1, -0.05) is 24.3 Å². The molecule has 0 N–H and O–H groups in total. The molecule has 0 saturated carbocycles. The van der Waals surface area contributed by atoms with Crippen LogP contribution in [0.5, 0.6) is 17.2 Å². The molecule has 0 fully saturated rings. The smallest absolute Gasteiger partial charge is 0.166 e. The lowest BCUT2D eigenvalue weighted by atomic mass is 10.2. The van der Waals surface area contributed by atoms with Crippen molar-refractivity contribution < 1.29 is 14.2 Å². The van der Waals surface area contributed by atoms with E-state index in [2.05, 4.69) is 0 Å². The van der Waals surface area contributed by atoms with Crippen molar-refractivity contribution in [1.82, 2.24) is 0 Å². The van der Waals surface area contributed by atoms with Crippen LogP contribution < -0.4 is 14.2 Å². The number of fused-ring (bicyclic) bond motifs is 1. The molecule has 1 atom stereocenters. The molecular formula is C16H16O3. The number of hydrogen-bond acceptors (Lipinski definition) is 3. The SMILES string of the molecule is Cc1ccc2c(c1)OC(COc1ccccc1)CO2. The quantitative estimate of drug-likeness (QED) is 0.844. The highest BCUT2D eigenvalue weighted by atomic mass is 16.6. The van der Waals surface area contributed by atoms with Crippen molar-refractivity contribution >= 4 is 0 Å². The van der Waals surface area contributed by atoms with E-state index < -0.39 is 0 Å². The van der Waals surface area contributed by atoms with Crippen LogP contribution in [-0.4, -0.2) is 19.3 Å². The molecule has 0 aromatic heterocycles. The van der Waals surface area contributed by atoms with Crippen LogP contribution in [0.15, 0.2) is 48.5 Å². The fourth-order valence-electron chi connectivity index (χ4n) is 2.01. The standard InChI is InChI=1S/C16H16O3/c1-12-7-8-15-16(9-12)19-14(11-18-15)10-17-13-5-3-2-4-6-13/h2-9,14H,10-11H2,1H3. The van der Waals surface area contributed by atoms with Gasteiger partial charge in [0.15, 0.2) is 17.6 Å². The zero-order valence-electron chi connectivity index (χ0n) is 10.8. The van der Waals surface area contributed by atoms with Gasteiger partial charge in [-0.2, -0.15) is 0 Å². The minimum absolute atomic E-state index is 0.0745. The predicted octanol–water partition coefficient (Wildman–Crippen LogP) is 3.21. The van der Waals surface area contributed by atoms with Gasteiger partial charge in [-0.15, -0.1) is 0 Å². The summed E-state index contributed by atoms with van der Waals surface area (Å²) >= 11 is 0.